The Bertz CT molecular complexity index is 1300. The van der Waals surface area contributed by atoms with Crippen LogP contribution in [0.25, 0.3) is 22.0 Å². The molecule has 0 atom stereocenters. The van der Waals surface area contributed by atoms with Crippen LogP contribution < -0.4 is 10.1 Å². The molecule has 1 aliphatic heterocycles. The molecule has 41 heavy (non-hydrogen) atoms. The Labute approximate surface area is 254 Å². The largest absolute Gasteiger partial charge is 0.480 e. The maximum absolute atomic E-state index is 13.4. The van der Waals surface area contributed by atoms with Crippen molar-refractivity contribution in [1.29, 1.82) is 0 Å². The van der Waals surface area contributed by atoms with E-state index in [0.29, 0.717) is 23.0 Å². The van der Waals surface area contributed by atoms with Crippen molar-refractivity contribution in [2.75, 3.05) is 43.9 Å². The fourth-order valence-electron chi connectivity index (χ4n) is 4.21. The summed E-state index contributed by atoms with van der Waals surface area (Å²) in [6, 6.07) is 9.77. The van der Waals surface area contributed by atoms with Gasteiger partial charge in [0.15, 0.2) is 6.61 Å². The van der Waals surface area contributed by atoms with E-state index in [9.17, 15) is 14.0 Å². The summed E-state index contributed by atoms with van der Waals surface area (Å²) in [5.41, 5.74) is 1.73. The summed E-state index contributed by atoms with van der Waals surface area (Å²) in [7, 11) is 2.14. The smallest absolute Gasteiger partial charge is 0.341 e. The molecule has 9 nitrogen and oxygen atoms in total. The fraction of sp³-hybridized carbons (Fsp3) is 0.448. The number of carboxylic acid groups (broad SMARTS) is 1. The number of hydrogen-bond donors (Lipinski definition) is 2. The number of rotatable bonds is 8. The van der Waals surface area contributed by atoms with Gasteiger partial charge < -0.3 is 24.8 Å². The highest BCUT2D eigenvalue weighted by Gasteiger charge is 2.18. The number of carbonyl (C=O) groups is 2. The van der Waals surface area contributed by atoms with Gasteiger partial charge in [0, 0.05) is 11.9 Å². The van der Waals surface area contributed by atoms with Gasteiger partial charge in [0.1, 0.15) is 40.2 Å². The number of piperidine rings is 1. The topological polar surface area (TPSA) is 114 Å². The molecule has 2 N–H and O–H groups in total. The van der Waals surface area contributed by atoms with E-state index in [0.717, 1.165) is 49.0 Å². The normalized spacial score (nSPS) is 13.9. The molecule has 0 saturated carbocycles. The van der Waals surface area contributed by atoms with E-state index < -0.39 is 12.6 Å². The third-order valence-corrected chi connectivity index (χ3v) is 6.62. The van der Waals surface area contributed by atoms with Gasteiger partial charge in [-0.2, -0.15) is 0 Å². The Morgan fingerprint density at radius 3 is 2.34 bits per heavy atom. The van der Waals surface area contributed by atoms with Crippen molar-refractivity contribution < 1.29 is 28.6 Å². The summed E-state index contributed by atoms with van der Waals surface area (Å²) in [5, 5.41) is 13.5. The molecule has 1 aromatic heterocycles. The average molecular weight is 656 g/mol. The summed E-state index contributed by atoms with van der Waals surface area (Å²) >= 11 is 2.99. The first-order chi connectivity index (χ1) is 18.9. The second-order valence-corrected chi connectivity index (χ2v) is 11.2. The van der Waals surface area contributed by atoms with E-state index in [4.69, 9.17) is 14.6 Å². The number of esters is 1. The second-order valence-electron chi connectivity index (χ2n) is 10.6. The number of halogens is 3. The maximum Gasteiger partial charge on any atom is 0.341 e. The number of carbonyl (C=O) groups excluding carboxylic acids is 1. The molecule has 2 aromatic carbocycles. The first-order valence-corrected chi connectivity index (χ1v) is 14.2. The lowest BCUT2D eigenvalue weighted by atomic mass is 9.97. The Balaban J connectivity index is 0.000000511. The summed E-state index contributed by atoms with van der Waals surface area (Å²) in [6.45, 7) is 8.00. The van der Waals surface area contributed by atoms with Crippen LogP contribution in [-0.4, -0.2) is 76.1 Å². The second kappa shape index (κ2) is 15.8. The van der Waals surface area contributed by atoms with Crippen LogP contribution >= 0.6 is 28.3 Å². The van der Waals surface area contributed by atoms with Crippen LogP contribution in [0.15, 0.2) is 42.7 Å². The van der Waals surface area contributed by atoms with Gasteiger partial charge in [0.25, 0.3) is 0 Å². The van der Waals surface area contributed by atoms with Crippen LogP contribution in [0.1, 0.15) is 33.6 Å². The molecule has 0 aliphatic carbocycles. The Morgan fingerprint density at radius 2 is 1.78 bits per heavy atom. The predicted molar refractivity (Wildman–Crippen MR) is 164 cm³/mol. The molecule has 3 aromatic rings. The van der Waals surface area contributed by atoms with E-state index in [2.05, 4.69) is 43.2 Å². The minimum atomic E-state index is -1.07. The summed E-state index contributed by atoms with van der Waals surface area (Å²) in [5.74, 6) is -0.0329. The summed E-state index contributed by atoms with van der Waals surface area (Å²) in [4.78, 5) is 32.7. The number of ether oxygens (including phenoxy) is 2. The van der Waals surface area contributed by atoms with Gasteiger partial charge in [-0.05, 0) is 95.1 Å². The van der Waals surface area contributed by atoms with Crippen molar-refractivity contribution in [1.82, 2.24) is 14.9 Å². The van der Waals surface area contributed by atoms with Crippen molar-refractivity contribution >= 4 is 57.0 Å². The molecule has 0 amide bonds. The molecule has 2 heterocycles. The highest BCUT2D eigenvalue weighted by atomic mass is 79.9. The summed E-state index contributed by atoms with van der Waals surface area (Å²) in [6.07, 6.45) is 3.70. The molecule has 1 saturated heterocycles. The van der Waals surface area contributed by atoms with Crippen LogP contribution in [0.3, 0.4) is 0 Å². The number of aliphatic carboxylic acids is 1. The molecule has 0 unspecified atom stereocenters. The van der Waals surface area contributed by atoms with Gasteiger partial charge in [0.2, 0.25) is 0 Å². The number of alkyl halides is 1. The number of fused-ring (bicyclic) bond motifs is 1. The first kappa shape index (κ1) is 34.2. The molecule has 4 rings (SSSR count). The number of anilines is 1. The SMILES string of the molecule is CC(C)(C)OC(=O)CBr.CN1CCC(CNc2ncnc3c(OCC(=O)O)cc(-c4ccc(F)cc4)cc23)CC1.Cl. The lowest BCUT2D eigenvalue weighted by Gasteiger charge is -2.29. The van der Waals surface area contributed by atoms with Gasteiger partial charge in [0.05, 0.1) is 0 Å². The standard InChI is InChI=1S/C23H25FN4O3.C6H11BrO2.ClH/c1-28-8-6-15(7-9-28)12-25-23-19-10-17(16-2-4-18(24)5-3-16)11-20(31-13-21(29)30)22(19)26-14-27-23;1-6(2,3)9-5(8)4-7;/h2-5,10-11,14-15H,6-9,12-13H2,1H3,(H,29,30)(H,25,26,27);4H2,1-3H3;1H. The molecule has 1 fully saturated rings. The fourth-order valence-corrected chi connectivity index (χ4v) is 4.33. The van der Waals surface area contributed by atoms with Crippen molar-refractivity contribution in [3.8, 4) is 16.9 Å². The number of hydrogen-bond acceptors (Lipinski definition) is 8. The molecule has 12 heteroatoms. The van der Waals surface area contributed by atoms with E-state index >= 15 is 0 Å². The number of aromatic nitrogens is 2. The molecular formula is C29H37BrClFN4O5. The van der Waals surface area contributed by atoms with Crippen LogP contribution in [0.2, 0.25) is 0 Å². The summed E-state index contributed by atoms with van der Waals surface area (Å²) < 4.78 is 23.8. The van der Waals surface area contributed by atoms with Gasteiger partial charge in [-0.1, -0.05) is 28.1 Å². The highest BCUT2D eigenvalue weighted by Crippen LogP contribution is 2.34. The molecular weight excluding hydrogens is 619 g/mol. The first-order valence-electron chi connectivity index (χ1n) is 13.0. The highest BCUT2D eigenvalue weighted by molar-refractivity contribution is 9.09. The average Bonchev–Trinajstić information content (AvgIpc) is 2.91. The zero-order valence-electron chi connectivity index (χ0n) is 23.7. The van der Waals surface area contributed by atoms with Gasteiger partial charge in [-0.3, -0.25) is 4.79 Å². The van der Waals surface area contributed by atoms with Gasteiger partial charge in [-0.15, -0.1) is 12.4 Å². The lowest BCUT2D eigenvalue weighted by Crippen LogP contribution is -2.33. The maximum atomic E-state index is 13.4. The van der Waals surface area contributed by atoms with Crippen LogP contribution in [0, 0.1) is 11.7 Å². The number of nitrogens with zero attached hydrogens (tertiary/aromatic N) is 3. The van der Waals surface area contributed by atoms with Crippen molar-refractivity contribution in [3.63, 3.8) is 0 Å². The van der Waals surface area contributed by atoms with Gasteiger partial charge >= 0.3 is 11.9 Å². The number of nitrogens with one attached hydrogen (secondary N) is 1. The quantitative estimate of drug-likeness (QED) is 0.230. The molecule has 1 aliphatic rings. The number of likely N-dealkylation sites (tertiary alicyclic amines) is 1. The lowest BCUT2D eigenvalue weighted by molar-refractivity contribution is -0.151. The van der Waals surface area contributed by atoms with E-state index in [1.807, 2.05) is 26.8 Å². The number of carboxylic acids is 1. The van der Waals surface area contributed by atoms with E-state index in [1.165, 1.54) is 18.5 Å². The van der Waals surface area contributed by atoms with Crippen molar-refractivity contribution in [3.05, 3.63) is 48.5 Å². The third-order valence-electron chi connectivity index (χ3n) is 6.16. The van der Waals surface area contributed by atoms with Crippen LogP contribution in [0.5, 0.6) is 5.75 Å². The Hall–Kier alpha value is -3.02. The van der Waals surface area contributed by atoms with Crippen molar-refractivity contribution in [2.45, 2.75) is 39.2 Å². The van der Waals surface area contributed by atoms with Crippen LogP contribution in [0.4, 0.5) is 10.2 Å². The Morgan fingerprint density at radius 1 is 1.12 bits per heavy atom. The zero-order chi connectivity index (χ0) is 29.3. The van der Waals surface area contributed by atoms with E-state index in [-0.39, 0.29) is 35.1 Å². The third kappa shape index (κ3) is 11.1. The predicted octanol–water partition coefficient (Wildman–Crippen LogP) is 5.80. The Kier molecular flexibility index (Phi) is 13.2. The van der Waals surface area contributed by atoms with E-state index in [1.54, 1.807) is 18.2 Å². The van der Waals surface area contributed by atoms with Crippen molar-refractivity contribution in [2.24, 2.45) is 5.92 Å². The molecule has 0 radical (unpaired) electrons. The minimum Gasteiger partial charge on any atom is -0.480 e. The molecule has 0 bridgehead atoms. The van der Waals surface area contributed by atoms with Crippen LogP contribution in [-0.2, 0) is 14.3 Å². The minimum absolute atomic E-state index is 0. The number of benzene rings is 2. The zero-order valence-corrected chi connectivity index (χ0v) is 26.1. The monoisotopic (exact) mass is 654 g/mol. The molecule has 0 spiro atoms. The molecule has 224 valence electrons. The van der Waals surface area contributed by atoms with Gasteiger partial charge in [-0.25, -0.2) is 19.2 Å².